The zero-order valence-corrected chi connectivity index (χ0v) is 11.8. The van der Waals surface area contributed by atoms with Crippen molar-refractivity contribution in [2.45, 2.75) is 26.8 Å². The molecule has 1 aromatic rings. The van der Waals surface area contributed by atoms with Gasteiger partial charge < -0.3 is 15.8 Å². The summed E-state index contributed by atoms with van der Waals surface area (Å²) in [6, 6.07) is 6.82. The Bertz CT molecular complexity index is 381. The fourth-order valence-corrected chi connectivity index (χ4v) is 1.20. The number of hydrogen-bond acceptors (Lipinski definition) is 3. The average Bonchev–Trinajstić information content (AvgIpc) is 2.27. The highest BCUT2D eigenvalue weighted by Crippen LogP contribution is 2.24. The quantitative estimate of drug-likeness (QED) is 0.865. The summed E-state index contributed by atoms with van der Waals surface area (Å²) in [5, 5.41) is 2.74. The molecular formula is C13H21ClN2O2. The maximum absolute atomic E-state index is 11.5. The number of nitrogens with two attached hydrogens (primary N) is 1. The Labute approximate surface area is 114 Å². The molecule has 3 N–H and O–H groups in total. The Morgan fingerprint density at radius 2 is 1.94 bits per heavy atom. The van der Waals surface area contributed by atoms with Gasteiger partial charge in [0.05, 0.1) is 18.3 Å². The van der Waals surface area contributed by atoms with Crippen molar-refractivity contribution in [3.63, 3.8) is 0 Å². The second kappa shape index (κ2) is 7.95. The molecule has 0 aliphatic rings. The molecule has 0 aliphatic heterocycles. The number of anilines is 1. The van der Waals surface area contributed by atoms with E-state index in [9.17, 15) is 4.79 Å². The van der Waals surface area contributed by atoms with Crippen molar-refractivity contribution >= 4 is 24.0 Å². The smallest absolute Gasteiger partial charge is 0.241 e. The number of amides is 1. The van der Waals surface area contributed by atoms with Crippen LogP contribution < -0.4 is 15.8 Å². The molecule has 1 rings (SSSR count). The van der Waals surface area contributed by atoms with Gasteiger partial charge in [0.1, 0.15) is 5.75 Å². The van der Waals surface area contributed by atoms with Gasteiger partial charge in [-0.1, -0.05) is 26.0 Å². The summed E-state index contributed by atoms with van der Waals surface area (Å²) in [5.74, 6) is 0.896. The zero-order valence-electron chi connectivity index (χ0n) is 11.0. The maximum Gasteiger partial charge on any atom is 0.241 e. The molecule has 102 valence electrons. The lowest BCUT2D eigenvalue weighted by atomic mass is 10.2. The van der Waals surface area contributed by atoms with Crippen molar-refractivity contribution in [3.8, 4) is 5.75 Å². The monoisotopic (exact) mass is 272 g/mol. The first-order valence-corrected chi connectivity index (χ1v) is 5.79. The highest BCUT2D eigenvalue weighted by molar-refractivity contribution is 5.95. The van der Waals surface area contributed by atoms with Crippen LogP contribution in [0, 0.1) is 5.92 Å². The van der Waals surface area contributed by atoms with Crippen LogP contribution in [0.3, 0.4) is 0 Å². The van der Waals surface area contributed by atoms with Crippen molar-refractivity contribution in [1.82, 2.24) is 0 Å². The Morgan fingerprint density at radius 3 is 2.50 bits per heavy atom. The molecule has 0 heterocycles. The summed E-state index contributed by atoms with van der Waals surface area (Å²) in [6.07, 6.45) is 0. The van der Waals surface area contributed by atoms with Crippen molar-refractivity contribution in [2.24, 2.45) is 11.7 Å². The predicted molar refractivity (Wildman–Crippen MR) is 76.3 cm³/mol. The van der Waals surface area contributed by atoms with Crippen molar-refractivity contribution < 1.29 is 9.53 Å². The molecule has 0 aliphatic carbocycles. The molecule has 0 unspecified atom stereocenters. The maximum atomic E-state index is 11.5. The van der Waals surface area contributed by atoms with Crippen LogP contribution in [0.2, 0.25) is 0 Å². The van der Waals surface area contributed by atoms with Crippen molar-refractivity contribution in [2.75, 3.05) is 11.9 Å². The number of halogens is 1. The number of benzene rings is 1. The van der Waals surface area contributed by atoms with Gasteiger partial charge in [-0.05, 0) is 25.0 Å². The standard InChI is InChI=1S/C13H20N2O2.ClH/c1-9(2)8-17-12-7-5-4-6-11(12)15-13(16)10(3)14;/h4-7,9-10H,8,14H2,1-3H3,(H,15,16);1H/t10-;/m0./s1. The van der Waals surface area contributed by atoms with Gasteiger partial charge in [0, 0.05) is 0 Å². The van der Waals surface area contributed by atoms with E-state index in [4.69, 9.17) is 10.5 Å². The number of nitrogens with one attached hydrogen (secondary N) is 1. The highest BCUT2D eigenvalue weighted by Gasteiger charge is 2.11. The summed E-state index contributed by atoms with van der Waals surface area (Å²) in [5.41, 5.74) is 6.17. The minimum atomic E-state index is -0.534. The summed E-state index contributed by atoms with van der Waals surface area (Å²) >= 11 is 0. The minimum Gasteiger partial charge on any atom is -0.491 e. The Hall–Kier alpha value is -1.26. The molecule has 0 saturated carbocycles. The summed E-state index contributed by atoms with van der Waals surface area (Å²) < 4.78 is 5.62. The molecule has 5 heteroatoms. The first-order valence-electron chi connectivity index (χ1n) is 5.79. The van der Waals surface area contributed by atoms with Gasteiger partial charge >= 0.3 is 0 Å². The molecule has 0 spiro atoms. The first-order chi connectivity index (χ1) is 8.00. The average molecular weight is 273 g/mol. The normalized spacial score (nSPS) is 11.6. The zero-order chi connectivity index (χ0) is 12.8. The van der Waals surface area contributed by atoms with Gasteiger partial charge in [0.15, 0.2) is 0 Å². The number of carbonyl (C=O) groups excluding carboxylic acids is 1. The number of para-hydroxylation sites is 2. The Balaban J connectivity index is 0.00000289. The molecule has 1 atom stereocenters. The third-order valence-electron chi connectivity index (χ3n) is 2.13. The fourth-order valence-electron chi connectivity index (χ4n) is 1.20. The minimum absolute atomic E-state index is 0. The van der Waals surface area contributed by atoms with Crippen molar-refractivity contribution in [1.29, 1.82) is 0 Å². The molecule has 0 aromatic heterocycles. The van der Waals surface area contributed by atoms with Gasteiger partial charge in [0.2, 0.25) is 5.91 Å². The number of carbonyl (C=O) groups is 1. The first kappa shape index (κ1) is 16.7. The topological polar surface area (TPSA) is 64.3 Å². The second-order valence-electron chi connectivity index (χ2n) is 4.48. The molecule has 18 heavy (non-hydrogen) atoms. The number of ether oxygens (including phenoxy) is 1. The summed E-state index contributed by atoms with van der Waals surface area (Å²) in [7, 11) is 0. The van der Waals surface area contributed by atoms with E-state index < -0.39 is 6.04 Å². The molecule has 1 aromatic carbocycles. The second-order valence-corrected chi connectivity index (χ2v) is 4.48. The van der Waals surface area contributed by atoms with E-state index >= 15 is 0 Å². The van der Waals surface area contributed by atoms with Crippen LogP contribution in [0.5, 0.6) is 5.75 Å². The highest BCUT2D eigenvalue weighted by atomic mass is 35.5. The Morgan fingerprint density at radius 1 is 1.33 bits per heavy atom. The van der Waals surface area contributed by atoms with Gasteiger partial charge in [-0.15, -0.1) is 12.4 Å². The van der Waals surface area contributed by atoms with Crippen LogP contribution in [0.15, 0.2) is 24.3 Å². The number of hydrogen-bond donors (Lipinski definition) is 2. The van der Waals surface area contributed by atoms with Crippen molar-refractivity contribution in [3.05, 3.63) is 24.3 Å². The van der Waals surface area contributed by atoms with Gasteiger partial charge in [-0.25, -0.2) is 0 Å². The van der Waals surface area contributed by atoms with Crippen LogP contribution in [0.4, 0.5) is 5.69 Å². The lowest BCUT2D eigenvalue weighted by Crippen LogP contribution is -2.32. The SMILES string of the molecule is CC(C)COc1ccccc1NC(=O)[C@H](C)N.Cl. The van der Waals surface area contributed by atoms with E-state index in [0.29, 0.717) is 24.0 Å². The van der Waals surface area contributed by atoms with Gasteiger partial charge in [-0.2, -0.15) is 0 Å². The summed E-state index contributed by atoms with van der Waals surface area (Å²) in [6.45, 7) is 6.41. The molecule has 1 amide bonds. The van der Waals surface area contributed by atoms with Crippen LogP contribution >= 0.6 is 12.4 Å². The van der Waals surface area contributed by atoms with E-state index in [-0.39, 0.29) is 18.3 Å². The van der Waals surface area contributed by atoms with Crippen LogP contribution in [0.25, 0.3) is 0 Å². The van der Waals surface area contributed by atoms with Gasteiger partial charge in [-0.3, -0.25) is 4.79 Å². The number of rotatable bonds is 5. The molecule has 0 radical (unpaired) electrons. The van der Waals surface area contributed by atoms with E-state index in [2.05, 4.69) is 19.2 Å². The van der Waals surface area contributed by atoms with E-state index in [1.807, 2.05) is 18.2 Å². The third-order valence-corrected chi connectivity index (χ3v) is 2.13. The molecule has 0 bridgehead atoms. The lowest BCUT2D eigenvalue weighted by Gasteiger charge is -2.14. The van der Waals surface area contributed by atoms with E-state index in [1.54, 1.807) is 13.0 Å². The predicted octanol–water partition coefficient (Wildman–Crippen LogP) is 2.43. The fraction of sp³-hybridized carbons (Fsp3) is 0.462. The Kier molecular flexibility index (Phi) is 7.39. The molecule has 0 saturated heterocycles. The van der Waals surface area contributed by atoms with Crippen LogP contribution in [0.1, 0.15) is 20.8 Å². The molecule has 0 fully saturated rings. The largest absolute Gasteiger partial charge is 0.491 e. The van der Waals surface area contributed by atoms with E-state index in [0.717, 1.165) is 0 Å². The third kappa shape index (κ3) is 5.38. The summed E-state index contributed by atoms with van der Waals surface area (Å²) in [4.78, 5) is 11.5. The van der Waals surface area contributed by atoms with Crippen LogP contribution in [-0.2, 0) is 4.79 Å². The van der Waals surface area contributed by atoms with Gasteiger partial charge in [0.25, 0.3) is 0 Å². The van der Waals surface area contributed by atoms with E-state index in [1.165, 1.54) is 0 Å². The van der Waals surface area contributed by atoms with Crippen LogP contribution in [-0.4, -0.2) is 18.6 Å². The molecular weight excluding hydrogens is 252 g/mol. The molecule has 4 nitrogen and oxygen atoms in total. The lowest BCUT2D eigenvalue weighted by molar-refractivity contribution is -0.117.